The number of nitriles is 1. The molecule has 1 aromatic rings. The molecule has 1 fully saturated rings. The van der Waals surface area contributed by atoms with Crippen molar-refractivity contribution in [3.05, 3.63) is 35.4 Å². The van der Waals surface area contributed by atoms with Crippen LogP contribution in [0, 0.1) is 28.4 Å². The molecule has 21 heavy (non-hydrogen) atoms. The highest BCUT2D eigenvalue weighted by molar-refractivity contribution is 5.29. The lowest BCUT2D eigenvalue weighted by Gasteiger charge is -2.42. The molecule has 0 aromatic heterocycles. The van der Waals surface area contributed by atoms with Gasteiger partial charge in [-0.05, 0) is 37.5 Å². The van der Waals surface area contributed by atoms with Crippen LogP contribution in [0.15, 0.2) is 18.2 Å². The minimum absolute atomic E-state index is 0.141. The van der Waals surface area contributed by atoms with E-state index in [1.54, 1.807) is 0 Å². The highest BCUT2D eigenvalue weighted by Gasteiger charge is 2.48. The second-order valence-electron chi connectivity index (χ2n) is 6.19. The Bertz CT molecular complexity index is 520. The van der Waals surface area contributed by atoms with Gasteiger partial charge >= 0.3 is 0 Å². The minimum atomic E-state index is -1.57. The zero-order chi connectivity index (χ0) is 15.5. The number of aliphatic hydroxyl groups is 1. The summed E-state index contributed by atoms with van der Waals surface area (Å²) < 4.78 is 26.9. The van der Waals surface area contributed by atoms with Crippen molar-refractivity contribution in [2.75, 3.05) is 0 Å². The third-order valence-electron chi connectivity index (χ3n) is 4.78. The van der Waals surface area contributed by atoms with E-state index in [4.69, 9.17) is 0 Å². The van der Waals surface area contributed by atoms with Gasteiger partial charge in [0, 0.05) is 6.07 Å². The van der Waals surface area contributed by atoms with Crippen molar-refractivity contribution in [3.63, 3.8) is 0 Å². The number of nitrogens with zero attached hydrogens (tertiary/aromatic N) is 1. The van der Waals surface area contributed by atoms with Crippen LogP contribution in [-0.2, 0) is 5.60 Å². The molecule has 1 N–H and O–H groups in total. The molecule has 1 saturated carbocycles. The molecule has 4 heteroatoms. The standard InChI is InChI=1S/C17H21F2NO/c1-16(21,13-9-14(18)11-15(19)10-13)17(12-20)7-5-3-2-4-6-8-17/h9-11,21H,2-8H2,1H3. The first-order chi connectivity index (χ1) is 9.91. The van der Waals surface area contributed by atoms with E-state index in [2.05, 4.69) is 6.07 Å². The fourth-order valence-corrected chi connectivity index (χ4v) is 3.33. The van der Waals surface area contributed by atoms with Crippen molar-refractivity contribution in [2.24, 2.45) is 5.41 Å². The van der Waals surface area contributed by atoms with Gasteiger partial charge in [0.05, 0.1) is 11.5 Å². The van der Waals surface area contributed by atoms with Crippen molar-refractivity contribution >= 4 is 0 Å². The molecule has 0 radical (unpaired) electrons. The number of hydrogen-bond donors (Lipinski definition) is 1. The van der Waals surface area contributed by atoms with Gasteiger partial charge in [0.2, 0.25) is 0 Å². The number of halogens is 2. The first kappa shape index (κ1) is 15.9. The van der Waals surface area contributed by atoms with Gasteiger partial charge in [0.15, 0.2) is 0 Å². The van der Waals surface area contributed by atoms with Crippen molar-refractivity contribution < 1.29 is 13.9 Å². The Hall–Kier alpha value is -1.47. The lowest BCUT2D eigenvalue weighted by Crippen LogP contribution is -2.43. The normalized spacial score (nSPS) is 21.7. The van der Waals surface area contributed by atoms with Gasteiger partial charge in [0.25, 0.3) is 0 Å². The lowest BCUT2D eigenvalue weighted by molar-refractivity contribution is -0.0586. The summed E-state index contributed by atoms with van der Waals surface area (Å²) in [6, 6.07) is 5.29. The average molecular weight is 293 g/mol. The summed E-state index contributed by atoms with van der Waals surface area (Å²) in [5.74, 6) is -1.46. The Morgan fingerprint density at radius 1 is 1.05 bits per heavy atom. The number of hydrogen-bond acceptors (Lipinski definition) is 2. The minimum Gasteiger partial charge on any atom is -0.384 e. The van der Waals surface area contributed by atoms with E-state index in [-0.39, 0.29) is 5.56 Å². The molecule has 1 aromatic carbocycles. The Morgan fingerprint density at radius 3 is 2.00 bits per heavy atom. The average Bonchev–Trinajstić information content (AvgIpc) is 2.37. The molecule has 0 spiro atoms. The van der Waals surface area contributed by atoms with E-state index in [1.807, 2.05) is 0 Å². The highest BCUT2D eigenvalue weighted by atomic mass is 19.1. The second kappa shape index (κ2) is 6.11. The Morgan fingerprint density at radius 2 is 1.52 bits per heavy atom. The van der Waals surface area contributed by atoms with Crippen LogP contribution in [0.25, 0.3) is 0 Å². The molecule has 1 aliphatic carbocycles. The first-order valence-corrected chi connectivity index (χ1v) is 7.51. The molecular formula is C17H21F2NO. The van der Waals surface area contributed by atoms with Gasteiger partial charge in [-0.3, -0.25) is 0 Å². The van der Waals surface area contributed by atoms with Crippen LogP contribution >= 0.6 is 0 Å². The van der Waals surface area contributed by atoms with Gasteiger partial charge in [-0.25, -0.2) is 8.78 Å². The van der Waals surface area contributed by atoms with Crippen molar-refractivity contribution in [3.8, 4) is 6.07 Å². The largest absolute Gasteiger partial charge is 0.384 e. The Balaban J connectivity index is 2.44. The van der Waals surface area contributed by atoms with Gasteiger partial charge in [-0.15, -0.1) is 0 Å². The summed E-state index contributed by atoms with van der Waals surface area (Å²) in [6.45, 7) is 1.51. The van der Waals surface area contributed by atoms with Gasteiger partial charge < -0.3 is 5.11 Å². The van der Waals surface area contributed by atoms with Crippen LogP contribution in [0.2, 0.25) is 0 Å². The van der Waals surface area contributed by atoms with E-state index in [0.717, 1.165) is 50.3 Å². The van der Waals surface area contributed by atoms with Gasteiger partial charge in [0.1, 0.15) is 17.2 Å². The maximum Gasteiger partial charge on any atom is 0.126 e. The SMILES string of the molecule is CC(O)(c1cc(F)cc(F)c1)C1(C#N)CCCCCCC1. The van der Waals surface area contributed by atoms with Crippen molar-refractivity contribution in [2.45, 2.75) is 57.5 Å². The summed E-state index contributed by atoms with van der Waals surface area (Å²) >= 11 is 0. The summed E-state index contributed by atoms with van der Waals surface area (Å²) in [6.07, 6.45) is 5.98. The molecule has 1 atom stereocenters. The topological polar surface area (TPSA) is 44.0 Å². The summed E-state index contributed by atoms with van der Waals surface area (Å²) in [5, 5.41) is 20.7. The van der Waals surface area contributed by atoms with Crippen LogP contribution in [0.3, 0.4) is 0 Å². The van der Waals surface area contributed by atoms with Crippen molar-refractivity contribution in [1.29, 1.82) is 5.26 Å². The molecular weight excluding hydrogens is 272 g/mol. The molecule has 1 aliphatic rings. The van der Waals surface area contributed by atoms with Crippen molar-refractivity contribution in [1.82, 2.24) is 0 Å². The van der Waals surface area contributed by atoms with Crippen LogP contribution < -0.4 is 0 Å². The molecule has 0 aliphatic heterocycles. The van der Waals surface area contributed by atoms with Crippen LogP contribution in [0.4, 0.5) is 8.78 Å². The number of benzene rings is 1. The highest BCUT2D eigenvalue weighted by Crippen LogP contribution is 2.48. The lowest BCUT2D eigenvalue weighted by atomic mass is 9.64. The monoisotopic (exact) mass is 293 g/mol. The Labute approximate surface area is 124 Å². The molecule has 0 heterocycles. The molecule has 0 amide bonds. The quantitative estimate of drug-likeness (QED) is 0.876. The summed E-state index contributed by atoms with van der Waals surface area (Å²) in [4.78, 5) is 0. The van der Waals surface area contributed by atoms with E-state index in [0.29, 0.717) is 12.8 Å². The molecule has 0 bridgehead atoms. The van der Waals surface area contributed by atoms with Gasteiger partial charge in [-0.2, -0.15) is 5.26 Å². The van der Waals surface area contributed by atoms with Crippen LogP contribution in [0.5, 0.6) is 0 Å². The summed E-state index contributed by atoms with van der Waals surface area (Å²) in [7, 11) is 0. The smallest absolute Gasteiger partial charge is 0.126 e. The van der Waals surface area contributed by atoms with E-state index >= 15 is 0 Å². The maximum atomic E-state index is 13.5. The molecule has 0 saturated heterocycles. The molecule has 2 rings (SSSR count). The molecule has 1 unspecified atom stereocenters. The van der Waals surface area contributed by atoms with Crippen LogP contribution in [0.1, 0.15) is 57.4 Å². The zero-order valence-electron chi connectivity index (χ0n) is 12.3. The fourth-order valence-electron chi connectivity index (χ4n) is 3.33. The third-order valence-corrected chi connectivity index (χ3v) is 4.78. The zero-order valence-corrected chi connectivity index (χ0v) is 12.3. The predicted octanol–water partition coefficient (Wildman–Crippen LogP) is 4.43. The van der Waals surface area contributed by atoms with E-state index in [9.17, 15) is 19.1 Å². The predicted molar refractivity (Wildman–Crippen MR) is 76.3 cm³/mol. The Kier molecular flexibility index (Phi) is 4.63. The second-order valence-corrected chi connectivity index (χ2v) is 6.19. The molecule has 114 valence electrons. The molecule has 2 nitrogen and oxygen atoms in total. The van der Waals surface area contributed by atoms with E-state index < -0.39 is 22.7 Å². The van der Waals surface area contributed by atoms with Crippen LogP contribution in [-0.4, -0.2) is 5.11 Å². The van der Waals surface area contributed by atoms with E-state index in [1.165, 1.54) is 6.92 Å². The third kappa shape index (κ3) is 3.08. The number of rotatable bonds is 2. The fraction of sp³-hybridized carbons (Fsp3) is 0.588. The first-order valence-electron chi connectivity index (χ1n) is 7.51. The van der Waals surface area contributed by atoms with Gasteiger partial charge in [-0.1, -0.05) is 32.1 Å². The summed E-state index contributed by atoms with van der Waals surface area (Å²) in [5.41, 5.74) is -2.42. The maximum absolute atomic E-state index is 13.5.